The van der Waals surface area contributed by atoms with Crippen molar-refractivity contribution in [3.63, 3.8) is 0 Å². The van der Waals surface area contributed by atoms with Crippen LogP contribution in [0.3, 0.4) is 0 Å². The van der Waals surface area contributed by atoms with Gasteiger partial charge in [0.15, 0.2) is 5.96 Å². The van der Waals surface area contributed by atoms with E-state index < -0.39 is 17.3 Å². The second kappa shape index (κ2) is 5.94. The lowest BCUT2D eigenvalue weighted by Crippen LogP contribution is -2.68. The lowest BCUT2D eigenvalue weighted by atomic mass is 9.73. The molecular formula is C17H21FN4O3. The number of nitrogens with one attached hydrogen (secondary N) is 2. The van der Waals surface area contributed by atoms with Crippen molar-refractivity contribution in [2.24, 2.45) is 11.8 Å². The van der Waals surface area contributed by atoms with Gasteiger partial charge in [-0.05, 0) is 25.2 Å². The highest BCUT2D eigenvalue weighted by Crippen LogP contribution is 2.41. The molecule has 8 heteroatoms. The van der Waals surface area contributed by atoms with E-state index in [9.17, 15) is 9.18 Å². The Balaban J connectivity index is 1.72. The molecule has 2 atom stereocenters. The van der Waals surface area contributed by atoms with E-state index in [0.717, 1.165) is 19.0 Å². The van der Waals surface area contributed by atoms with E-state index >= 15 is 0 Å². The molecule has 1 aromatic rings. The van der Waals surface area contributed by atoms with Crippen LogP contribution in [0.25, 0.3) is 0 Å². The van der Waals surface area contributed by atoms with Gasteiger partial charge in [0.05, 0.1) is 25.3 Å². The highest BCUT2D eigenvalue weighted by atomic mass is 19.1. The molecule has 0 bridgehead atoms. The van der Waals surface area contributed by atoms with Crippen LogP contribution in [-0.4, -0.2) is 48.6 Å². The van der Waals surface area contributed by atoms with Crippen LogP contribution >= 0.6 is 0 Å². The molecule has 3 aliphatic rings. The average Bonchev–Trinajstić information content (AvgIpc) is 3.43. The second-order valence-corrected chi connectivity index (χ2v) is 6.99. The predicted octanol–water partition coefficient (Wildman–Crippen LogP) is 1.24. The molecule has 3 heterocycles. The van der Waals surface area contributed by atoms with E-state index in [4.69, 9.17) is 14.9 Å². The minimum absolute atomic E-state index is 0.0663. The molecule has 0 unspecified atom stereocenters. The first-order valence-electron chi connectivity index (χ1n) is 8.52. The van der Waals surface area contributed by atoms with Crippen LogP contribution in [0.15, 0.2) is 12.3 Å². The number of nitrogens with zero attached hydrogens (tertiary/aromatic N) is 2. The number of pyridine rings is 1. The van der Waals surface area contributed by atoms with Crippen LogP contribution in [-0.2, 0) is 15.1 Å². The number of rotatable bonds is 4. The number of aromatic nitrogens is 1. The van der Waals surface area contributed by atoms with Crippen molar-refractivity contribution < 1.29 is 18.7 Å². The van der Waals surface area contributed by atoms with E-state index in [1.807, 2.05) is 0 Å². The Bertz CT molecular complexity index is 724. The maximum Gasteiger partial charge on any atom is 0.235 e. The largest absolute Gasteiger partial charge is 0.477 e. The number of carbonyl (C=O) groups excluding carboxylic acids is 1. The number of halogens is 1. The monoisotopic (exact) mass is 348 g/mol. The van der Waals surface area contributed by atoms with Crippen molar-refractivity contribution in [1.82, 2.24) is 15.2 Å². The molecule has 0 radical (unpaired) electrons. The van der Waals surface area contributed by atoms with Crippen molar-refractivity contribution in [2.75, 3.05) is 26.9 Å². The summed E-state index contributed by atoms with van der Waals surface area (Å²) in [5, 5.41) is 11.1. The number of amides is 1. The summed E-state index contributed by atoms with van der Waals surface area (Å²) in [6.07, 6.45) is 3.87. The van der Waals surface area contributed by atoms with Gasteiger partial charge in [0.2, 0.25) is 11.8 Å². The molecular weight excluding hydrogens is 327 g/mol. The Morgan fingerprint density at radius 1 is 1.52 bits per heavy atom. The second-order valence-electron chi connectivity index (χ2n) is 6.99. The number of hydrogen-bond donors (Lipinski definition) is 2. The average molecular weight is 348 g/mol. The third-order valence-electron chi connectivity index (χ3n) is 5.26. The molecule has 3 fully saturated rings. The summed E-state index contributed by atoms with van der Waals surface area (Å²) in [5.41, 5.74) is -0.840. The van der Waals surface area contributed by atoms with Gasteiger partial charge in [0.25, 0.3) is 0 Å². The van der Waals surface area contributed by atoms with Crippen LogP contribution in [0.4, 0.5) is 4.39 Å². The number of guanidine groups is 1. The van der Waals surface area contributed by atoms with Crippen molar-refractivity contribution in [1.29, 1.82) is 5.41 Å². The minimum Gasteiger partial charge on any atom is -0.477 e. The molecule has 1 aromatic heterocycles. The highest BCUT2D eigenvalue weighted by molar-refractivity contribution is 6.00. The van der Waals surface area contributed by atoms with Gasteiger partial charge in [-0.2, -0.15) is 0 Å². The summed E-state index contributed by atoms with van der Waals surface area (Å²) in [6.45, 7) is 1.11. The first kappa shape index (κ1) is 16.3. The molecule has 25 heavy (non-hydrogen) atoms. The van der Waals surface area contributed by atoms with E-state index in [-0.39, 0.29) is 24.0 Å². The summed E-state index contributed by atoms with van der Waals surface area (Å²) >= 11 is 0. The molecule has 134 valence electrons. The lowest BCUT2D eigenvalue weighted by Gasteiger charge is -2.49. The molecule has 2 saturated heterocycles. The quantitative estimate of drug-likeness (QED) is 0.855. The van der Waals surface area contributed by atoms with E-state index in [1.54, 1.807) is 7.05 Å². The number of fused-ring (bicyclic) bond motifs is 1. The fourth-order valence-corrected chi connectivity index (χ4v) is 3.54. The zero-order chi connectivity index (χ0) is 17.6. The first-order valence-corrected chi connectivity index (χ1v) is 8.52. The summed E-state index contributed by atoms with van der Waals surface area (Å²) in [5.74, 6) is -0.426. The van der Waals surface area contributed by atoms with Crippen LogP contribution in [0.5, 0.6) is 5.88 Å². The molecule has 2 N–H and O–H groups in total. The molecule has 7 nitrogen and oxygen atoms in total. The van der Waals surface area contributed by atoms with Gasteiger partial charge in [0, 0.05) is 25.3 Å². The summed E-state index contributed by atoms with van der Waals surface area (Å²) < 4.78 is 25.9. The van der Waals surface area contributed by atoms with Crippen molar-refractivity contribution >= 4 is 11.9 Å². The van der Waals surface area contributed by atoms with Gasteiger partial charge in [-0.1, -0.05) is 0 Å². The summed E-state index contributed by atoms with van der Waals surface area (Å²) in [6, 6.07) is 1.54. The normalized spacial score (nSPS) is 29.2. The molecule has 0 spiro atoms. The van der Waals surface area contributed by atoms with E-state index in [2.05, 4.69) is 10.3 Å². The Morgan fingerprint density at radius 3 is 3.08 bits per heavy atom. The maximum atomic E-state index is 14.7. The van der Waals surface area contributed by atoms with Gasteiger partial charge in [0.1, 0.15) is 11.4 Å². The lowest BCUT2D eigenvalue weighted by molar-refractivity contribution is -0.143. The van der Waals surface area contributed by atoms with Gasteiger partial charge in [-0.3, -0.25) is 15.1 Å². The predicted molar refractivity (Wildman–Crippen MR) is 86.7 cm³/mol. The van der Waals surface area contributed by atoms with Crippen LogP contribution in [0.1, 0.15) is 24.8 Å². The van der Waals surface area contributed by atoms with E-state index in [1.165, 1.54) is 11.0 Å². The van der Waals surface area contributed by atoms with E-state index in [0.29, 0.717) is 31.4 Å². The zero-order valence-electron chi connectivity index (χ0n) is 14.0. The molecule has 1 amide bonds. The minimum atomic E-state index is -1.11. The molecule has 1 saturated carbocycles. The van der Waals surface area contributed by atoms with Gasteiger partial charge in [-0.25, -0.2) is 9.37 Å². The fraction of sp³-hybridized carbons (Fsp3) is 0.588. The number of carbonyl (C=O) groups is 1. The smallest absolute Gasteiger partial charge is 0.235 e. The van der Waals surface area contributed by atoms with Crippen molar-refractivity contribution in [3.8, 4) is 5.88 Å². The highest BCUT2D eigenvalue weighted by Gasteiger charge is 2.53. The van der Waals surface area contributed by atoms with Crippen molar-refractivity contribution in [3.05, 3.63) is 23.6 Å². The Labute approximate surface area is 145 Å². The Morgan fingerprint density at radius 2 is 2.32 bits per heavy atom. The molecule has 1 aliphatic carbocycles. The van der Waals surface area contributed by atoms with Crippen molar-refractivity contribution in [2.45, 2.75) is 24.8 Å². The van der Waals surface area contributed by atoms with Crippen LogP contribution in [0, 0.1) is 23.1 Å². The fourth-order valence-electron chi connectivity index (χ4n) is 3.54. The summed E-state index contributed by atoms with van der Waals surface area (Å²) in [4.78, 5) is 18.0. The van der Waals surface area contributed by atoms with Gasteiger partial charge >= 0.3 is 0 Å². The third-order valence-corrected chi connectivity index (χ3v) is 5.26. The van der Waals surface area contributed by atoms with Gasteiger partial charge < -0.3 is 14.8 Å². The standard InChI is InChI=1S/C17H21FN4O3/c1-22-15(23)11-4-5-24-9-17(11,21-16(22)19)12-6-14(20-7-13(12)18)25-8-10-2-3-10/h6-7,10-11H,2-5,8-9H2,1H3,(H2,19,21)/t11-,17-/m0/s1. The topological polar surface area (TPSA) is 87.5 Å². The first-order chi connectivity index (χ1) is 12.0. The maximum absolute atomic E-state index is 14.7. The Kier molecular flexibility index (Phi) is 3.87. The summed E-state index contributed by atoms with van der Waals surface area (Å²) in [7, 11) is 1.55. The molecule has 0 aromatic carbocycles. The molecule has 2 aliphatic heterocycles. The van der Waals surface area contributed by atoms with Crippen LogP contribution in [0.2, 0.25) is 0 Å². The number of ether oxygens (including phenoxy) is 2. The SMILES string of the molecule is CN1C(=N)N[C@@]2(c3cc(OCC4CC4)ncc3F)COCC[C@H]2C1=O. The zero-order valence-corrected chi connectivity index (χ0v) is 14.0. The van der Waals surface area contributed by atoms with Gasteiger partial charge in [-0.15, -0.1) is 0 Å². The molecule has 4 rings (SSSR count). The Hall–Kier alpha value is -2.22. The van der Waals surface area contributed by atoms with Crippen LogP contribution < -0.4 is 10.1 Å². The third kappa shape index (κ3) is 2.74. The number of hydrogen-bond acceptors (Lipinski definition) is 5.